The topological polar surface area (TPSA) is 21.3 Å². The summed E-state index contributed by atoms with van der Waals surface area (Å²) in [5.41, 5.74) is 1.16. The summed E-state index contributed by atoms with van der Waals surface area (Å²) in [5, 5.41) is 3.89. The maximum atomic E-state index is 6.12. The largest absolute Gasteiger partial charge is 0.485 e. The summed E-state index contributed by atoms with van der Waals surface area (Å²) in [6.45, 7) is 9.44. The van der Waals surface area contributed by atoms with E-state index in [1.807, 2.05) is 25.1 Å². The molecule has 2 nitrogen and oxygen atoms in total. The van der Waals surface area contributed by atoms with Crippen LogP contribution in [0.5, 0.6) is 5.75 Å². The summed E-state index contributed by atoms with van der Waals surface area (Å²) in [4.78, 5) is 0. The van der Waals surface area contributed by atoms with Gasteiger partial charge in [-0.1, -0.05) is 37.2 Å². The molecule has 0 spiro atoms. The number of hydrogen-bond acceptors (Lipinski definition) is 2. The zero-order valence-electron chi connectivity index (χ0n) is 9.79. The average molecular weight is 240 g/mol. The van der Waals surface area contributed by atoms with Crippen molar-refractivity contribution in [1.29, 1.82) is 0 Å². The van der Waals surface area contributed by atoms with Crippen LogP contribution in [0.1, 0.15) is 19.4 Å². The van der Waals surface area contributed by atoms with E-state index < -0.39 is 0 Å². The van der Waals surface area contributed by atoms with Gasteiger partial charge in [-0.15, -0.1) is 0 Å². The molecule has 0 amide bonds. The van der Waals surface area contributed by atoms with Gasteiger partial charge >= 0.3 is 0 Å². The Balaban J connectivity index is 2.71. The van der Waals surface area contributed by atoms with Crippen LogP contribution < -0.4 is 10.1 Å². The highest BCUT2D eigenvalue weighted by molar-refractivity contribution is 6.32. The van der Waals surface area contributed by atoms with Crippen LogP contribution in [0.25, 0.3) is 0 Å². The first-order valence-corrected chi connectivity index (χ1v) is 5.83. The molecule has 88 valence electrons. The predicted octanol–water partition coefficient (Wildman–Crippen LogP) is 3.40. The molecule has 0 saturated heterocycles. The number of ether oxygens (including phenoxy) is 1. The van der Waals surface area contributed by atoms with E-state index in [-0.39, 0.29) is 6.10 Å². The molecule has 0 aromatic heterocycles. The smallest absolute Gasteiger partial charge is 0.138 e. The van der Waals surface area contributed by atoms with Gasteiger partial charge in [0.1, 0.15) is 11.9 Å². The van der Waals surface area contributed by atoms with Crippen LogP contribution in [0.3, 0.4) is 0 Å². The van der Waals surface area contributed by atoms with E-state index in [0.29, 0.717) is 10.8 Å². The van der Waals surface area contributed by atoms with Gasteiger partial charge in [0.05, 0.1) is 5.02 Å². The second-order valence-electron chi connectivity index (χ2n) is 3.60. The Morgan fingerprint density at radius 1 is 1.56 bits per heavy atom. The Kier molecular flexibility index (Phi) is 5.36. The van der Waals surface area contributed by atoms with Crippen molar-refractivity contribution >= 4 is 11.6 Å². The molecule has 1 atom stereocenters. The average Bonchev–Trinajstić information content (AvgIpc) is 2.29. The molecule has 1 unspecified atom stereocenters. The molecule has 1 aromatic rings. The molecule has 0 fully saturated rings. The molecule has 1 N–H and O–H groups in total. The Morgan fingerprint density at radius 3 is 2.88 bits per heavy atom. The molecule has 0 bridgehead atoms. The molecule has 1 aromatic carbocycles. The molecule has 0 aliphatic rings. The van der Waals surface area contributed by atoms with Crippen LogP contribution in [-0.2, 0) is 6.54 Å². The quantitative estimate of drug-likeness (QED) is 0.769. The standard InChI is InChI=1S/C13H18ClNO/c1-4-10(3)16-13-7-6-11(8-12(13)14)9-15-5-2/h4,6-8,10,15H,1,5,9H2,2-3H3. The Hall–Kier alpha value is -0.990. The molecular formula is C13H18ClNO. The second-order valence-corrected chi connectivity index (χ2v) is 4.01. The minimum absolute atomic E-state index is 0.0304. The fourth-order valence-corrected chi connectivity index (χ4v) is 1.52. The van der Waals surface area contributed by atoms with Crippen LogP contribution in [0, 0.1) is 0 Å². The number of halogens is 1. The lowest BCUT2D eigenvalue weighted by Crippen LogP contribution is -2.12. The van der Waals surface area contributed by atoms with Crippen molar-refractivity contribution in [3.63, 3.8) is 0 Å². The van der Waals surface area contributed by atoms with Gasteiger partial charge in [0.2, 0.25) is 0 Å². The predicted molar refractivity (Wildman–Crippen MR) is 69.1 cm³/mol. The van der Waals surface area contributed by atoms with Crippen LogP contribution >= 0.6 is 11.6 Å². The summed E-state index contributed by atoms with van der Waals surface area (Å²) < 4.78 is 5.58. The second kappa shape index (κ2) is 6.56. The van der Waals surface area contributed by atoms with E-state index in [9.17, 15) is 0 Å². The van der Waals surface area contributed by atoms with E-state index >= 15 is 0 Å². The van der Waals surface area contributed by atoms with Gasteiger partial charge in [0.15, 0.2) is 0 Å². The van der Waals surface area contributed by atoms with Gasteiger partial charge in [-0.25, -0.2) is 0 Å². The van der Waals surface area contributed by atoms with E-state index in [4.69, 9.17) is 16.3 Å². The molecule has 0 aliphatic carbocycles. The third kappa shape index (κ3) is 3.87. The number of rotatable bonds is 6. The van der Waals surface area contributed by atoms with Crippen molar-refractivity contribution < 1.29 is 4.74 Å². The van der Waals surface area contributed by atoms with E-state index in [1.165, 1.54) is 0 Å². The number of nitrogens with one attached hydrogen (secondary N) is 1. The van der Waals surface area contributed by atoms with Crippen molar-refractivity contribution in [2.24, 2.45) is 0 Å². The van der Waals surface area contributed by atoms with Crippen LogP contribution in [0.2, 0.25) is 5.02 Å². The first kappa shape index (κ1) is 13.1. The molecule has 1 rings (SSSR count). The van der Waals surface area contributed by atoms with Gasteiger partial charge in [-0.3, -0.25) is 0 Å². The van der Waals surface area contributed by atoms with E-state index in [1.54, 1.807) is 6.08 Å². The molecule has 3 heteroatoms. The first-order valence-electron chi connectivity index (χ1n) is 5.45. The lowest BCUT2D eigenvalue weighted by molar-refractivity contribution is 0.270. The van der Waals surface area contributed by atoms with E-state index in [0.717, 1.165) is 18.7 Å². The lowest BCUT2D eigenvalue weighted by Gasteiger charge is -2.13. The van der Waals surface area contributed by atoms with Crippen molar-refractivity contribution in [2.45, 2.75) is 26.5 Å². The molecular weight excluding hydrogens is 222 g/mol. The number of hydrogen-bond donors (Lipinski definition) is 1. The van der Waals surface area contributed by atoms with Gasteiger partial charge < -0.3 is 10.1 Å². The van der Waals surface area contributed by atoms with Crippen LogP contribution in [0.4, 0.5) is 0 Å². The first-order chi connectivity index (χ1) is 7.67. The summed E-state index contributed by atoms with van der Waals surface area (Å²) in [6, 6.07) is 5.84. The summed E-state index contributed by atoms with van der Waals surface area (Å²) in [5.74, 6) is 0.703. The monoisotopic (exact) mass is 239 g/mol. The van der Waals surface area contributed by atoms with Crippen molar-refractivity contribution in [3.8, 4) is 5.75 Å². The van der Waals surface area contributed by atoms with Crippen molar-refractivity contribution in [2.75, 3.05) is 6.54 Å². The van der Waals surface area contributed by atoms with Crippen molar-refractivity contribution in [1.82, 2.24) is 5.32 Å². The zero-order chi connectivity index (χ0) is 12.0. The van der Waals surface area contributed by atoms with Gasteiger partial charge in [0.25, 0.3) is 0 Å². The van der Waals surface area contributed by atoms with Gasteiger partial charge in [-0.05, 0) is 31.2 Å². The Bertz CT molecular complexity index is 352. The Morgan fingerprint density at radius 2 is 2.31 bits per heavy atom. The minimum Gasteiger partial charge on any atom is -0.485 e. The van der Waals surface area contributed by atoms with Gasteiger partial charge in [-0.2, -0.15) is 0 Å². The highest BCUT2D eigenvalue weighted by Gasteiger charge is 2.05. The Labute approximate surface area is 102 Å². The molecule has 0 saturated carbocycles. The molecule has 0 aliphatic heterocycles. The third-order valence-electron chi connectivity index (χ3n) is 2.22. The fraction of sp³-hybridized carbons (Fsp3) is 0.385. The minimum atomic E-state index is -0.0304. The third-order valence-corrected chi connectivity index (χ3v) is 2.52. The zero-order valence-corrected chi connectivity index (χ0v) is 10.6. The lowest BCUT2D eigenvalue weighted by atomic mass is 10.2. The van der Waals surface area contributed by atoms with Crippen LogP contribution in [-0.4, -0.2) is 12.6 Å². The highest BCUT2D eigenvalue weighted by Crippen LogP contribution is 2.26. The molecule has 16 heavy (non-hydrogen) atoms. The highest BCUT2D eigenvalue weighted by atomic mass is 35.5. The summed E-state index contributed by atoms with van der Waals surface area (Å²) >= 11 is 6.12. The molecule has 0 heterocycles. The maximum Gasteiger partial charge on any atom is 0.138 e. The fourth-order valence-electron chi connectivity index (χ4n) is 1.27. The SMILES string of the molecule is C=CC(C)Oc1ccc(CNCC)cc1Cl. The normalized spacial score (nSPS) is 12.2. The number of benzene rings is 1. The van der Waals surface area contributed by atoms with Crippen LogP contribution in [0.15, 0.2) is 30.9 Å². The van der Waals surface area contributed by atoms with E-state index in [2.05, 4.69) is 18.8 Å². The van der Waals surface area contributed by atoms with Crippen molar-refractivity contribution in [3.05, 3.63) is 41.4 Å². The summed E-state index contributed by atoms with van der Waals surface area (Å²) in [7, 11) is 0. The maximum absolute atomic E-state index is 6.12. The summed E-state index contributed by atoms with van der Waals surface area (Å²) in [6.07, 6.45) is 1.71. The molecule has 0 radical (unpaired) electrons. The van der Waals surface area contributed by atoms with Gasteiger partial charge in [0, 0.05) is 6.54 Å².